The summed E-state index contributed by atoms with van der Waals surface area (Å²) < 4.78 is 4.72. The number of carbonyl (C=O) groups excluding carboxylic acids is 1. The summed E-state index contributed by atoms with van der Waals surface area (Å²) in [7, 11) is 1.30. The number of carboxylic acids is 1. The number of aryl methyl sites for hydroxylation is 1. The number of hydrogen-bond acceptors (Lipinski definition) is 6. The second-order valence-electron chi connectivity index (χ2n) is 4.03. The molecule has 112 valence electrons. The number of hydrogen-bond donors (Lipinski definition) is 2. The fourth-order valence-corrected chi connectivity index (χ4v) is 2.93. The number of amides is 1. The first-order chi connectivity index (χ1) is 9.52. The van der Waals surface area contributed by atoms with E-state index in [4.69, 9.17) is 9.84 Å². The molecule has 2 N–H and O–H groups in total. The first-order valence-corrected chi connectivity index (χ1v) is 8.07. The van der Waals surface area contributed by atoms with E-state index in [-0.39, 0.29) is 12.5 Å². The van der Waals surface area contributed by atoms with Crippen LogP contribution in [0.5, 0.6) is 0 Å². The van der Waals surface area contributed by atoms with Crippen molar-refractivity contribution in [1.29, 1.82) is 0 Å². The summed E-state index contributed by atoms with van der Waals surface area (Å²) in [5, 5.41) is 14.3. The molecular formula is C12H18N2O4S2. The molecule has 20 heavy (non-hydrogen) atoms. The van der Waals surface area contributed by atoms with Gasteiger partial charge in [0.1, 0.15) is 0 Å². The molecule has 8 heteroatoms. The summed E-state index contributed by atoms with van der Waals surface area (Å²) >= 11 is 3.24. The van der Waals surface area contributed by atoms with Crippen molar-refractivity contribution in [3.63, 3.8) is 0 Å². The quantitative estimate of drug-likeness (QED) is 0.667. The Bertz CT molecular complexity index is 450. The van der Waals surface area contributed by atoms with Crippen LogP contribution in [0.1, 0.15) is 17.1 Å². The third-order valence-electron chi connectivity index (χ3n) is 2.43. The minimum atomic E-state index is -1.08. The highest BCUT2D eigenvalue weighted by Crippen LogP contribution is 2.15. The molecule has 0 aliphatic rings. The Kier molecular flexibility index (Phi) is 7.56. The Morgan fingerprint density at radius 2 is 2.35 bits per heavy atom. The zero-order chi connectivity index (χ0) is 15.0. The lowest BCUT2D eigenvalue weighted by molar-refractivity contribution is -0.148. The summed E-state index contributed by atoms with van der Waals surface area (Å²) in [6, 6.07) is 0. The highest BCUT2D eigenvalue weighted by Gasteiger charge is 2.16. The monoisotopic (exact) mass is 318 g/mol. The number of thiazole rings is 1. The van der Waals surface area contributed by atoms with Gasteiger partial charge in [0.25, 0.3) is 0 Å². The van der Waals surface area contributed by atoms with Gasteiger partial charge >= 0.3 is 5.97 Å². The van der Waals surface area contributed by atoms with Gasteiger partial charge < -0.3 is 15.2 Å². The Labute approximate surface area is 125 Å². The zero-order valence-electron chi connectivity index (χ0n) is 11.4. The van der Waals surface area contributed by atoms with E-state index in [9.17, 15) is 9.59 Å². The first kappa shape index (κ1) is 16.9. The van der Waals surface area contributed by atoms with E-state index in [0.29, 0.717) is 12.2 Å². The molecule has 1 atom stereocenters. The van der Waals surface area contributed by atoms with E-state index < -0.39 is 12.1 Å². The third kappa shape index (κ3) is 6.36. The molecule has 0 aliphatic carbocycles. The summed E-state index contributed by atoms with van der Waals surface area (Å²) in [6.07, 6.45) is -0.645. The van der Waals surface area contributed by atoms with Crippen molar-refractivity contribution in [1.82, 2.24) is 10.3 Å². The first-order valence-electron chi connectivity index (χ1n) is 6.04. The lowest BCUT2D eigenvalue weighted by Gasteiger charge is -2.11. The van der Waals surface area contributed by atoms with Crippen LogP contribution in [0, 0.1) is 6.92 Å². The summed E-state index contributed by atoms with van der Waals surface area (Å²) in [5.41, 5.74) is 1.03. The number of methoxy groups -OCH3 is 1. The van der Waals surface area contributed by atoms with Crippen LogP contribution >= 0.6 is 23.1 Å². The standard InChI is InChI=1S/C12H18N2O4S2/c1-8-14-9(7-20-8)6-19-4-3-11(15)13-5-10(18-2)12(16)17/h7,10H,3-6H2,1-2H3,(H,13,15)(H,16,17). The fourth-order valence-electron chi connectivity index (χ4n) is 1.38. The summed E-state index contributed by atoms with van der Waals surface area (Å²) in [4.78, 5) is 26.5. The van der Waals surface area contributed by atoms with Crippen molar-refractivity contribution in [2.24, 2.45) is 0 Å². The van der Waals surface area contributed by atoms with Gasteiger partial charge in [-0.05, 0) is 6.92 Å². The molecule has 1 aromatic rings. The van der Waals surface area contributed by atoms with Crippen LogP contribution < -0.4 is 5.32 Å². The predicted molar refractivity (Wildman–Crippen MR) is 79.1 cm³/mol. The molecule has 1 rings (SSSR count). The fraction of sp³-hybridized carbons (Fsp3) is 0.583. The highest BCUT2D eigenvalue weighted by atomic mass is 32.2. The smallest absolute Gasteiger partial charge is 0.334 e. The van der Waals surface area contributed by atoms with Crippen molar-refractivity contribution in [2.45, 2.75) is 25.2 Å². The van der Waals surface area contributed by atoms with Gasteiger partial charge in [0.2, 0.25) is 5.91 Å². The van der Waals surface area contributed by atoms with Crippen molar-refractivity contribution in [2.75, 3.05) is 19.4 Å². The number of aromatic nitrogens is 1. The lowest BCUT2D eigenvalue weighted by Crippen LogP contribution is -2.37. The molecule has 0 aliphatic heterocycles. The molecule has 0 radical (unpaired) electrons. The van der Waals surface area contributed by atoms with Crippen LogP contribution in [0.3, 0.4) is 0 Å². The summed E-state index contributed by atoms with van der Waals surface area (Å²) in [6.45, 7) is 1.95. The molecule has 1 unspecified atom stereocenters. The van der Waals surface area contributed by atoms with E-state index in [2.05, 4.69) is 10.3 Å². The molecule has 0 fully saturated rings. The lowest BCUT2D eigenvalue weighted by atomic mass is 10.3. The normalized spacial score (nSPS) is 12.1. The molecule has 0 saturated carbocycles. The number of rotatable bonds is 9. The SMILES string of the molecule is COC(CNC(=O)CCSCc1csc(C)n1)C(=O)O. The maximum absolute atomic E-state index is 11.5. The van der Waals surface area contributed by atoms with Gasteiger partial charge in [-0.3, -0.25) is 4.79 Å². The Balaban J connectivity index is 2.12. The highest BCUT2D eigenvalue weighted by molar-refractivity contribution is 7.98. The van der Waals surface area contributed by atoms with Crippen molar-refractivity contribution < 1.29 is 19.4 Å². The number of nitrogens with zero attached hydrogens (tertiary/aromatic N) is 1. The van der Waals surface area contributed by atoms with Crippen molar-refractivity contribution in [3.8, 4) is 0 Å². The minimum Gasteiger partial charge on any atom is -0.479 e. The van der Waals surface area contributed by atoms with E-state index in [1.807, 2.05) is 12.3 Å². The number of aliphatic carboxylic acids is 1. The molecular weight excluding hydrogens is 300 g/mol. The van der Waals surface area contributed by atoms with Crippen LogP contribution in [-0.2, 0) is 20.1 Å². The van der Waals surface area contributed by atoms with E-state index in [1.54, 1.807) is 23.1 Å². The van der Waals surface area contributed by atoms with E-state index in [1.165, 1.54) is 7.11 Å². The number of carboxylic acid groups (broad SMARTS) is 1. The second-order valence-corrected chi connectivity index (χ2v) is 6.19. The average Bonchev–Trinajstić information content (AvgIpc) is 2.81. The van der Waals surface area contributed by atoms with Crippen LogP contribution in [0.25, 0.3) is 0 Å². The third-order valence-corrected chi connectivity index (χ3v) is 4.25. The number of thioether (sulfide) groups is 1. The van der Waals surface area contributed by atoms with Gasteiger partial charge in [-0.25, -0.2) is 9.78 Å². The number of ether oxygens (including phenoxy) is 1. The van der Waals surface area contributed by atoms with Crippen molar-refractivity contribution >= 4 is 35.0 Å². The summed E-state index contributed by atoms with van der Waals surface area (Å²) in [5.74, 6) is 0.206. The Morgan fingerprint density at radius 3 is 2.90 bits per heavy atom. The zero-order valence-corrected chi connectivity index (χ0v) is 13.1. The molecule has 1 amide bonds. The largest absolute Gasteiger partial charge is 0.479 e. The number of carbonyl (C=O) groups is 2. The van der Waals surface area contributed by atoms with Gasteiger partial charge in [-0.2, -0.15) is 11.8 Å². The Hall–Kier alpha value is -1.12. The minimum absolute atomic E-state index is 0.0133. The average molecular weight is 318 g/mol. The molecule has 0 spiro atoms. The molecule has 1 aromatic heterocycles. The molecule has 1 heterocycles. The van der Waals surface area contributed by atoms with Crippen LogP contribution in [-0.4, -0.2) is 47.5 Å². The Morgan fingerprint density at radius 1 is 1.60 bits per heavy atom. The van der Waals surface area contributed by atoms with Gasteiger partial charge in [0.15, 0.2) is 6.10 Å². The van der Waals surface area contributed by atoms with E-state index >= 15 is 0 Å². The van der Waals surface area contributed by atoms with Crippen LogP contribution in [0.15, 0.2) is 5.38 Å². The van der Waals surface area contributed by atoms with Crippen LogP contribution in [0.2, 0.25) is 0 Å². The molecule has 0 aromatic carbocycles. The maximum Gasteiger partial charge on any atom is 0.334 e. The van der Waals surface area contributed by atoms with Gasteiger partial charge in [-0.1, -0.05) is 0 Å². The van der Waals surface area contributed by atoms with Crippen LogP contribution in [0.4, 0.5) is 0 Å². The topological polar surface area (TPSA) is 88.5 Å². The number of nitrogens with one attached hydrogen (secondary N) is 1. The van der Waals surface area contributed by atoms with E-state index in [0.717, 1.165) is 16.5 Å². The van der Waals surface area contributed by atoms with Gasteiger partial charge in [0, 0.05) is 30.4 Å². The van der Waals surface area contributed by atoms with Gasteiger partial charge in [0.05, 0.1) is 17.2 Å². The predicted octanol–water partition coefficient (Wildman–Crippen LogP) is 1.29. The molecule has 6 nitrogen and oxygen atoms in total. The second kappa shape index (κ2) is 8.93. The van der Waals surface area contributed by atoms with Crippen molar-refractivity contribution in [3.05, 3.63) is 16.1 Å². The maximum atomic E-state index is 11.5. The molecule has 0 bridgehead atoms. The molecule has 0 saturated heterocycles. The van der Waals surface area contributed by atoms with Gasteiger partial charge in [-0.15, -0.1) is 11.3 Å².